The van der Waals surface area contributed by atoms with Gasteiger partial charge in [0.2, 0.25) is 0 Å². The number of hydrogen-bond acceptors (Lipinski definition) is 5. The number of amides is 1. The summed E-state index contributed by atoms with van der Waals surface area (Å²) >= 11 is 0. The van der Waals surface area contributed by atoms with Crippen molar-refractivity contribution in [1.82, 2.24) is 4.90 Å². The van der Waals surface area contributed by atoms with Gasteiger partial charge in [-0.25, -0.2) is 4.79 Å². The quantitative estimate of drug-likeness (QED) is 0.801. The van der Waals surface area contributed by atoms with Gasteiger partial charge in [-0.3, -0.25) is 4.79 Å². The monoisotopic (exact) mass is 329 g/mol. The molecule has 6 nitrogen and oxygen atoms in total. The van der Waals surface area contributed by atoms with Gasteiger partial charge in [-0.1, -0.05) is 24.3 Å². The molecule has 0 spiro atoms. The van der Waals surface area contributed by atoms with E-state index < -0.39 is 5.97 Å². The molecule has 3 rings (SSSR count). The minimum absolute atomic E-state index is 0.204. The minimum atomic E-state index is -0.518. The van der Waals surface area contributed by atoms with Crippen LogP contribution in [0, 0.1) is 0 Å². The van der Waals surface area contributed by atoms with E-state index in [1.807, 2.05) is 24.3 Å². The molecule has 1 saturated heterocycles. The number of carbonyl (C=O) groups is 2. The summed E-state index contributed by atoms with van der Waals surface area (Å²) in [6.45, 7) is 1.83. The molecular weight excluding hydrogens is 310 g/mol. The molecule has 6 heteroatoms. The van der Waals surface area contributed by atoms with Gasteiger partial charge in [0.05, 0.1) is 25.9 Å². The number of morpholine rings is 1. The van der Waals surface area contributed by atoms with Crippen LogP contribution in [-0.4, -0.2) is 56.8 Å². The lowest BCUT2D eigenvalue weighted by molar-refractivity contribution is -0.138. The second-order valence-corrected chi connectivity index (χ2v) is 5.43. The van der Waals surface area contributed by atoms with E-state index in [9.17, 15) is 9.59 Å². The summed E-state index contributed by atoms with van der Waals surface area (Å²) in [4.78, 5) is 26.1. The molecule has 0 unspecified atom stereocenters. The van der Waals surface area contributed by atoms with Gasteiger partial charge in [-0.15, -0.1) is 0 Å². The molecule has 126 valence electrons. The van der Waals surface area contributed by atoms with E-state index >= 15 is 0 Å². The zero-order chi connectivity index (χ0) is 16.9. The Labute approximate surface area is 139 Å². The summed E-state index contributed by atoms with van der Waals surface area (Å²) < 4.78 is 15.7. The van der Waals surface area contributed by atoms with Gasteiger partial charge in [0.25, 0.3) is 5.91 Å². The van der Waals surface area contributed by atoms with Crippen LogP contribution in [0.5, 0.6) is 5.75 Å². The number of methoxy groups -OCH3 is 1. The highest BCUT2D eigenvalue weighted by molar-refractivity contribution is 6.06. The first kappa shape index (κ1) is 16.3. The Balaban J connectivity index is 1.73. The van der Waals surface area contributed by atoms with Gasteiger partial charge in [0.15, 0.2) is 6.61 Å². The fraction of sp³-hybridized carbons (Fsp3) is 0.333. The second kappa shape index (κ2) is 7.31. The topological polar surface area (TPSA) is 65.1 Å². The van der Waals surface area contributed by atoms with E-state index in [-0.39, 0.29) is 12.5 Å². The van der Waals surface area contributed by atoms with Crippen LogP contribution >= 0.6 is 0 Å². The van der Waals surface area contributed by atoms with Crippen LogP contribution in [0.1, 0.15) is 10.4 Å². The van der Waals surface area contributed by atoms with Crippen molar-refractivity contribution >= 4 is 22.6 Å². The van der Waals surface area contributed by atoms with E-state index in [1.165, 1.54) is 0 Å². The van der Waals surface area contributed by atoms with Gasteiger partial charge in [0.1, 0.15) is 5.75 Å². The highest BCUT2D eigenvalue weighted by Crippen LogP contribution is 2.28. The Bertz CT molecular complexity index is 752. The van der Waals surface area contributed by atoms with E-state index in [1.54, 1.807) is 24.1 Å². The number of hydrogen-bond donors (Lipinski definition) is 0. The van der Waals surface area contributed by atoms with Crippen LogP contribution in [0.25, 0.3) is 10.8 Å². The minimum Gasteiger partial charge on any atom is -0.496 e. The lowest BCUT2D eigenvalue weighted by atomic mass is 10.0. The van der Waals surface area contributed by atoms with Crippen LogP contribution in [0.3, 0.4) is 0 Å². The largest absolute Gasteiger partial charge is 0.496 e. The third-order valence-corrected chi connectivity index (χ3v) is 4.01. The molecule has 1 aliphatic rings. The average molecular weight is 329 g/mol. The first-order chi connectivity index (χ1) is 11.7. The molecule has 0 aromatic heterocycles. The molecule has 0 aliphatic carbocycles. The Morgan fingerprint density at radius 1 is 1.08 bits per heavy atom. The fourth-order valence-corrected chi connectivity index (χ4v) is 2.74. The lowest BCUT2D eigenvalue weighted by Gasteiger charge is -2.26. The number of fused-ring (bicyclic) bond motifs is 1. The van der Waals surface area contributed by atoms with Gasteiger partial charge in [0, 0.05) is 18.5 Å². The number of carbonyl (C=O) groups excluding carboxylic acids is 2. The van der Waals surface area contributed by atoms with Gasteiger partial charge >= 0.3 is 5.97 Å². The molecule has 0 atom stereocenters. The van der Waals surface area contributed by atoms with Crippen molar-refractivity contribution in [3.8, 4) is 5.75 Å². The molecule has 0 N–H and O–H groups in total. The first-order valence-corrected chi connectivity index (χ1v) is 7.79. The molecule has 1 heterocycles. The van der Waals surface area contributed by atoms with Crippen LogP contribution in [0.15, 0.2) is 36.4 Å². The van der Waals surface area contributed by atoms with Gasteiger partial charge < -0.3 is 19.1 Å². The van der Waals surface area contributed by atoms with Crippen LogP contribution in [0.4, 0.5) is 0 Å². The van der Waals surface area contributed by atoms with Crippen molar-refractivity contribution in [3.05, 3.63) is 42.0 Å². The molecule has 0 bridgehead atoms. The molecule has 1 aliphatic heterocycles. The van der Waals surface area contributed by atoms with Crippen molar-refractivity contribution in [2.75, 3.05) is 40.0 Å². The van der Waals surface area contributed by atoms with Crippen LogP contribution in [0.2, 0.25) is 0 Å². The zero-order valence-electron chi connectivity index (χ0n) is 13.5. The van der Waals surface area contributed by atoms with Crippen LogP contribution in [-0.2, 0) is 14.3 Å². The lowest BCUT2D eigenvalue weighted by Crippen LogP contribution is -2.42. The third-order valence-electron chi connectivity index (χ3n) is 4.01. The summed E-state index contributed by atoms with van der Waals surface area (Å²) in [7, 11) is 1.58. The molecule has 2 aromatic rings. The molecule has 0 radical (unpaired) electrons. The number of esters is 1. The molecular formula is C18H19NO5. The Morgan fingerprint density at radius 2 is 1.79 bits per heavy atom. The van der Waals surface area contributed by atoms with Crippen molar-refractivity contribution in [2.45, 2.75) is 0 Å². The maximum atomic E-state index is 12.4. The van der Waals surface area contributed by atoms with Crippen molar-refractivity contribution < 1.29 is 23.8 Å². The van der Waals surface area contributed by atoms with Crippen molar-refractivity contribution in [2.24, 2.45) is 0 Å². The maximum Gasteiger partial charge on any atom is 0.339 e. The third kappa shape index (κ3) is 3.33. The standard InChI is InChI=1S/C18H19NO5/c1-22-16-7-6-15(13-4-2-3-5-14(13)16)18(21)24-12-17(20)19-8-10-23-11-9-19/h2-7H,8-12H2,1H3. The smallest absolute Gasteiger partial charge is 0.339 e. The average Bonchev–Trinajstić information content (AvgIpc) is 2.65. The van der Waals surface area contributed by atoms with E-state index in [4.69, 9.17) is 14.2 Å². The van der Waals surface area contributed by atoms with E-state index in [2.05, 4.69) is 0 Å². The van der Waals surface area contributed by atoms with Gasteiger partial charge in [-0.05, 0) is 17.5 Å². The Kier molecular flexibility index (Phi) is 4.96. The highest BCUT2D eigenvalue weighted by atomic mass is 16.5. The SMILES string of the molecule is COc1ccc(C(=O)OCC(=O)N2CCOCC2)c2ccccc12. The highest BCUT2D eigenvalue weighted by Gasteiger charge is 2.20. The normalized spacial score (nSPS) is 14.5. The first-order valence-electron chi connectivity index (χ1n) is 7.79. The fourth-order valence-electron chi connectivity index (χ4n) is 2.74. The Morgan fingerprint density at radius 3 is 2.50 bits per heavy atom. The zero-order valence-corrected chi connectivity index (χ0v) is 13.5. The number of benzene rings is 2. The summed E-state index contributed by atoms with van der Waals surface area (Å²) in [5.41, 5.74) is 0.418. The van der Waals surface area contributed by atoms with E-state index in [0.29, 0.717) is 37.6 Å². The molecule has 1 amide bonds. The van der Waals surface area contributed by atoms with Crippen LogP contribution < -0.4 is 4.74 Å². The maximum absolute atomic E-state index is 12.4. The molecule has 2 aromatic carbocycles. The second-order valence-electron chi connectivity index (χ2n) is 5.43. The predicted octanol–water partition coefficient (Wildman–Crippen LogP) is 1.86. The summed E-state index contributed by atoms with van der Waals surface area (Å²) in [5.74, 6) is -0.0357. The Hall–Kier alpha value is -2.60. The summed E-state index contributed by atoms with van der Waals surface area (Å²) in [6, 6.07) is 10.8. The predicted molar refractivity (Wildman–Crippen MR) is 88.2 cm³/mol. The number of nitrogens with zero attached hydrogens (tertiary/aromatic N) is 1. The van der Waals surface area contributed by atoms with Gasteiger partial charge in [-0.2, -0.15) is 0 Å². The summed E-state index contributed by atoms with van der Waals surface area (Å²) in [5, 5.41) is 1.56. The number of ether oxygens (including phenoxy) is 3. The van der Waals surface area contributed by atoms with E-state index in [0.717, 1.165) is 10.8 Å². The molecule has 1 fully saturated rings. The number of rotatable bonds is 4. The molecule has 0 saturated carbocycles. The molecule has 24 heavy (non-hydrogen) atoms. The van der Waals surface area contributed by atoms with Crippen molar-refractivity contribution in [1.29, 1.82) is 0 Å². The summed E-state index contributed by atoms with van der Waals surface area (Å²) in [6.07, 6.45) is 0. The van der Waals surface area contributed by atoms with Crippen molar-refractivity contribution in [3.63, 3.8) is 0 Å².